The van der Waals surface area contributed by atoms with Gasteiger partial charge < -0.3 is 9.13 Å². The molecular weight excluding hydrogens is 558 g/mol. The van der Waals surface area contributed by atoms with E-state index < -0.39 is 0 Å². The largest absolute Gasteiger partial charge is 0.309 e. The molecule has 2 aromatic heterocycles. The number of nitrogens with zero attached hydrogens (tertiary/aromatic N) is 3. The maximum absolute atomic E-state index is 9.55. The Bertz CT molecular complexity index is 2650. The fraction of sp³-hybridized carbons (Fsp3) is 0. The molecule has 0 aliphatic rings. The molecule has 3 heteroatoms. The highest BCUT2D eigenvalue weighted by Crippen LogP contribution is 2.38. The molecule has 0 saturated heterocycles. The summed E-state index contributed by atoms with van der Waals surface area (Å²) in [5.41, 5.74) is 12.2. The molecule has 46 heavy (non-hydrogen) atoms. The van der Waals surface area contributed by atoms with Crippen LogP contribution in [0.1, 0.15) is 5.56 Å². The Hall–Kier alpha value is -6.37. The van der Waals surface area contributed by atoms with Crippen molar-refractivity contribution >= 4 is 43.6 Å². The van der Waals surface area contributed by atoms with Crippen LogP contribution >= 0.6 is 0 Å². The van der Waals surface area contributed by atoms with Crippen molar-refractivity contribution in [2.24, 2.45) is 0 Å². The van der Waals surface area contributed by atoms with Gasteiger partial charge in [-0.15, -0.1) is 0 Å². The van der Waals surface area contributed by atoms with Crippen LogP contribution in [-0.2, 0) is 0 Å². The van der Waals surface area contributed by atoms with E-state index in [1.807, 2.05) is 18.2 Å². The van der Waals surface area contributed by atoms with Gasteiger partial charge in [0.15, 0.2) is 0 Å². The highest BCUT2D eigenvalue weighted by molar-refractivity contribution is 6.12. The fourth-order valence-corrected chi connectivity index (χ4v) is 7.03. The van der Waals surface area contributed by atoms with Gasteiger partial charge in [0, 0.05) is 32.9 Å². The molecule has 0 aliphatic carbocycles. The molecule has 7 aromatic carbocycles. The van der Waals surface area contributed by atoms with Gasteiger partial charge in [0.1, 0.15) is 0 Å². The summed E-state index contributed by atoms with van der Waals surface area (Å²) in [6.45, 7) is 0. The SMILES string of the molecule is N#Cc1cccc(-n2c3ccccc3c3cc(-c4ccc5c(c4)c4ccccc4n5-c4cccc(-c5ccccc5)c4)ccc32)c1. The molecule has 3 nitrogen and oxygen atoms in total. The summed E-state index contributed by atoms with van der Waals surface area (Å²) in [5.74, 6) is 0. The summed E-state index contributed by atoms with van der Waals surface area (Å²) in [6, 6.07) is 60.3. The predicted molar refractivity (Wildman–Crippen MR) is 191 cm³/mol. The highest BCUT2D eigenvalue weighted by Gasteiger charge is 2.16. The third-order valence-electron chi connectivity index (χ3n) is 9.12. The Morgan fingerprint density at radius 3 is 1.43 bits per heavy atom. The van der Waals surface area contributed by atoms with Crippen molar-refractivity contribution < 1.29 is 0 Å². The number of rotatable bonds is 4. The molecule has 0 saturated carbocycles. The standard InChI is InChI=1S/C43H27N3/c44-28-29-10-8-14-34(24-29)45-40-18-6-4-16-36(40)38-26-32(20-22-42(38)45)33-21-23-43-39(27-33)37-17-5-7-19-41(37)46(43)35-15-9-13-31(25-35)30-11-2-1-3-12-30/h1-27H. The summed E-state index contributed by atoms with van der Waals surface area (Å²) in [4.78, 5) is 0. The molecule has 0 spiro atoms. The molecule has 0 bridgehead atoms. The maximum Gasteiger partial charge on any atom is 0.0992 e. The third kappa shape index (κ3) is 4.05. The second-order valence-corrected chi connectivity index (χ2v) is 11.7. The molecule has 0 amide bonds. The molecule has 9 rings (SSSR count). The Labute approximate surface area is 266 Å². The first-order valence-corrected chi connectivity index (χ1v) is 15.5. The second-order valence-electron chi connectivity index (χ2n) is 11.7. The minimum Gasteiger partial charge on any atom is -0.309 e. The van der Waals surface area contributed by atoms with Crippen molar-refractivity contribution in [3.05, 3.63) is 169 Å². The molecule has 9 aromatic rings. The Morgan fingerprint density at radius 1 is 0.348 bits per heavy atom. The third-order valence-corrected chi connectivity index (χ3v) is 9.12. The molecule has 2 heterocycles. The topological polar surface area (TPSA) is 33.6 Å². The van der Waals surface area contributed by atoms with Gasteiger partial charge in [0.2, 0.25) is 0 Å². The number of hydrogen-bond donors (Lipinski definition) is 0. The molecule has 0 aliphatic heterocycles. The van der Waals surface area contributed by atoms with E-state index in [1.165, 1.54) is 54.8 Å². The molecule has 0 unspecified atom stereocenters. The van der Waals surface area contributed by atoms with E-state index in [2.05, 4.69) is 161 Å². The van der Waals surface area contributed by atoms with Crippen molar-refractivity contribution in [2.45, 2.75) is 0 Å². The van der Waals surface area contributed by atoms with Crippen LogP contribution in [-0.4, -0.2) is 9.13 Å². The van der Waals surface area contributed by atoms with Crippen molar-refractivity contribution in [3.8, 4) is 39.7 Å². The maximum atomic E-state index is 9.55. The molecule has 0 fully saturated rings. The quantitative estimate of drug-likeness (QED) is 0.202. The number of para-hydroxylation sites is 2. The second kappa shape index (κ2) is 10.4. The van der Waals surface area contributed by atoms with E-state index in [0.717, 1.165) is 22.4 Å². The van der Waals surface area contributed by atoms with Gasteiger partial charge in [-0.2, -0.15) is 5.26 Å². The van der Waals surface area contributed by atoms with Crippen LogP contribution in [0.3, 0.4) is 0 Å². The number of nitriles is 1. The van der Waals surface area contributed by atoms with E-state index in [1.54, 1.807) is 0 Å². The zero-order chi connectivity index (χ0) is 30.6. The number of hydrogen-bond acceptors (Lipinski definition) is 1. The Morgan fingerprint density at radius 2 is 0.826 bits per heavy atom. The van der Waals surface area contributed by atoms with Crippen LogP contribution in [0.4, 0.5) is 0 Å². The fourth-order valence-electron chi connectivity index (χ4n) is 7.03. The number of aromatic nitrogens is 2. The molecule has 0 atom stereocenters. The zero-order valence-corrected chi connectivity index (χ0v) is 24.9. The van der Waals surface area contributed by atoms with Crippen molar-refractivity contribution in [1.29, 1.82) is 5.26 Å². The van der Waals surface area contributed by atoms with Gasteiger partial charge in [-0.3, -0.25) is 0 Å². The van der Waals surface area contributed by atoms with Crippen LogP contribution in [0.5, 0.6) is 0 Å². The minimum absolute atomic E-state index is 0.652. The van der Waals surface area contributed by atoms with Gasteiger partial charge in [-0.25, -0.2) is 0 Å². The number of benzene rings is 7. The van der Waals surface area contributed by atoms with E-state index in [-0.39, 0.29) is 0 Å². The van der Waals surface area contributed by atoms with Crippen LogP contribution in [0, 0.1) is 11.3 Å². The van der Waals surface area contributed by atoms with Crippen LogP contribution in [0.15, 0.2) is 164 Å². The molecule has 214 valence electrons. The van der Waals surface area contributed by atoms with Crippen molar-refractivity contribution in [2.75, 3.05) is 0 Å². The van der Waals surface area contributed by atoms with E-state index in [9.17, 15) is 5.26 Å². The first-order chi connectivity index (χ1) is 22.8. The summed E-state index contributed by atoms with van der Waals surface area (Å²) in [5, 5.41) is 14.4. The van der Waals surface area contributed by atoms with Crippen molar-refractivity contribution in [3.63, 3.8) is 0 Å². The average Bonchev–Trinajstić information content (AvgIpc) is 3.64. The summed E-state index contributed by atoms with van der Waals surface area (Å²) in [6.07, 6.45) is 0. The first-order valence-electron chi connectivity index (χ1n) is 15.5. The van der Waals surface area contributed by atoms with Gasteiger partial charge in [-0.1, -0.05) is 97.1 Å². The smallest absolute Gasteiger partial charge is 0.0992 e. The van der Waals surface area contributed by atoms with Crippen LogP contribution < -0.4 is 0 Å². The van der Waals surface area contributed by atoms with Gasteiger partial charge in [-0.05, 0) is 89.0 Å². The monoisotopic (exact) mass is 585 g/mol. The average molecular weight is 586 g/mol. The lowest BCUT2D eigenvalue weighted by Crippen LogP contribution is -1.94. The van der Waals surface area contributed by atoms with E-state index in [0.29, 0.717) is 5.56 Å². The minimum atomic E-state index is 0.652. The van der Waals surface area contributed by atoms with Crippen LogP contribution in [0.25, 0.3) is 77.2 Å². The zero-order valence-electron chi connectivity index (χ0n) is 24.9. The predicted octanol–water partition coefficient (Wildman–Crippen LogP) is 11.1. The Balaban J connectivity index is 1.22. The van der Waals surface area contributed by atoms with Crippen molar-refractivity contribution in [1.82, 2.24) is 9.13 Å². The lowest BCUT2D eigenvalue weighted by atomic mass is 10.0. The first kappa shape index (κ1) is 26.1. The summed E-state index contributed by atoms with van der Waals surface area (Å²) >= 11 is 0. The molecule has 0 N–H and O–H groups in total. The molecule has 0 radical (unpaired) electrons. The summed E-state index contributed by atoms with van der Waals surface area (Å²) in [7, 11) is 0. The lowest BCUT2D eigenvalue weighted by Gasteiger charge is -2.11. The van der Waals surface area contributed by atoms with Crippen LogP contribution in [0.2, 0.25) is 0 Å². The summed E-state index contributed by atoms with van der Waals surface area (Å²) < 4.78 is 4.64. The Kier molecular flexibility index (Phi) is 5.88. The van der Waals surface area contributed by atoms with Gasteiger partial charge >= 0.3 is 0 Å². The van der Waals surface area contributed by atoms with Gasteiger partial charge in [0.25, 0.3) is 0 Å². The highest BCUT2D eigenvalue weighted by atomic mass is 15.0. The van der Waals surface area contributed by atoms with Gasteiger partial charge in [0.05, 0.1) is 33.7 Å². The van der Waals surface area contributed by atoms with E-state index >= 15 is 0 Å². The molecular formula is C43H27N3. The normalized spacial score (nSPS) is 11.5. The lowest BCUT2D eigenvalue weighted by molar-refractivity contribution is 1.18. The number of fused-ring (bicyclic) bond motifs is 6. The van der Waals surface area contributed by atoms with E-state index in [4.69, 9.17) is 0 Å².